The van der Waals surface area contributed by atoms with Gasteiger partial charge in [0.05, 0.1) is 6.61 Å². The molecular formula is C20H29F2N3O3. The first-order chi connectivity index (χ1) is 13.5. The highest BCUT2D eigenvalue weighted by atomic mass is 19.3. The molecule has 0 aliphatic carbocycles. The monoisotopic (exact) mass is 397 g/mol. The van der Waals surface area contributed by atoms with E-state index in [0.717, 1.165) is 39.1 Å². The van der Waals surface area contributed by atoms with Crippen molar-refractivity contribution in [2.75, 3.05) is 52.9 Å². The van der Waals surface area contributed by atoms with Gasteiger partial charge in [0.2, 0.25) is 5.91 Å². The van der Waals surface area contributed by atoms with Crippen LogP contribution in [-0.4, -0.2) is 75.2 Å². The van der Waals surface area contributed by atoms with Crippen LogP contribution in [0.3, 0.4) is 0 Å². The average Bonchev–Trinajstić information content (AvgIpc) is 2.66. The van der Waals surface area contributed by atoms with E-state index >= 15 is 0 Å². The molecule has 0 bridgehead atoms. The minimum atomic E-state index is -2.92. The summed E-state index contributed by atoms with van der Waals surface area (Å²) in [5.41, 5.74) is 0.664. The molecule has 0 saturated carbocycles. The third kappa shape index (κ3) is 7.82. The Hall–Kier alpha value is -2.19. The maximum Gasteiger partial charge on any atom is 0.387 e. The predicted octanol–water partition coefficient (Wildman–Crippen LogP) is 2.45. The number of nitrogens with zero attached hydrogens (tertiary/aromatic N) is 2. The van der Waals surface area contributed by atoms with Crippen molar-refractivity contribution < 1.29 is 23.0 Å². The number of nitrogens with one attached hydrogen (secondary N) is 1. The smallest absolute Gasteiger partial charge is 0.387 e. The number of carbonyl (C=O) groups excluding carboxylic acids is 1. The van der Waals surface area contributed by atoms with Crippen LogP contribution in [0.5, 0.6) is 11.5 Å². The lowest BCUT2D eigenvalue weighted by molar-refractivity contribution is -0.116. The Morgan fingerprint density at radius 2 is 2.00 bits per heavy atom. The van der Waals surface area contributed by atoms with Crippen LogP contribution in [0.25, 0.3) is 6.08 Å². The molecule has 0 aromatic heterocycles. The van der Waals surface area contributed by atoms with Crippen molar-refractivity contribution >= 4 is 12.0 Å². The number of alkyl halides is 2. The normalized spacial score (nSPS) is 15.9. The fraction of sp³-hybridized carbons (Fsp3) is 0.550. The van der Waals surface area contributed by atoms with Gasteiger partial charge in [0.25, 0.3) is 0 Å². The van der Waals surface area contributed by atoms with E-state index in [0.29, 0.717) is 18.7 Å². The quantitative estimate of drug-likeness (QED) is 0.486. The van der Waals surface area contributed by atoms with E-state index in [9.17, 15) is 13.6 Å². The number of hydrogen-bond acceptors (Lipinski definition) is 5. The van der Waals surface area contributed by atoms with Gasteiger partial charge in [-0.3, -0.25) is 4.79 Å². The molecule has 1 aliphatic heterocycles. The topological polar surface area (TPSA) is 54.0 Å². The van der Waals surface area contributed by atoms with E-state index in [-0.39, 0.29) is 17.4 Å². The molecule has 156 valence electrons. The summed E-state index contributed by atoms with van der Waals surface area (Å²) in [4.78, 5) is 16.7. The van der Waals surface area contributed by atoms with Gasteiger partial charge in [-0.1, -0.05) is 6.07 Å². The summed E-state index contributed by atoms with van der Waals surface area (Å²) in [6.07, 6.45) is 3.94. The zero-order valence-electron chi connectivity index (χ0n) is 16.5. The second-order valence-electron chi connectivity index (χ2n) is 6.64. The van der Waals surface area contributed by atoms with Crippen molar-refractivity contribution in [2.45, 2.75) is 20.0 Å². The molecule has 0 unspecified atom stereocenters. The Balaban J connectivity index is 1.77. The Bertz CT molecular complexity index is 648. The van der Waals surface area contributed by atoms with E-state index in [1.165, 1.54) is 12.1 Å². The van der Waals surface area contributed by atoms with Crippen molar-refractivity contribution in [3.63, 3.8) is 0 Å². The molecule has 1 aromatic carbocycles. The number of ether oxygens (including phenoxy) is 2. The first-order valence-corrected chi connectivity index (χ1v) is 9.56. The van der Waals surface area contributed by atoms with Crippen LogP contribution in [-0.2, 0) is 4.79 Å². The maximum atomic E-state index is 12.4. The second kappa shape index (κ2) is 11.6. The molecule has 0 radical (unpaired) electrons. The summed E-state index contributed by atoms with van der Waals surface area (Å²) in [7, 11) is 2.13. The lowest BCUT2D eigenvalue weighted by atomic mass is 10.2. The molecule has 1 saturated heterocycles. The molecule has 1 amide bonds. The van der Waals surface area contributed by atoms with Crippen LogP contribution in [0.4, 0.5) is 8.78 Å². The van der Waals surface area contributed by atoms with Gasteiger partial charge in [0, 0.05) is 38.8 Å². The lowest BCUT2D eigenvalue weighted by Gasteiger charge is -2.32. The molecule has 1 heterocycles. The Kier molecular flexibility index (Phi) is 9.16. The fourth-order valence-corrected chi connectivity index (χ4v) is 2.91. The molecule has 6 nitrogen and oxygen atoms in total. The van der Waals surface area contributed by atoms with Crippen molar-refractivity contribution in [3.8, 4) is 11.5 Å². The summed E-state index contributed by atoms with van der Waals surface area (Å²) in [5, 5.41) is 2.86. The number of halogens is 2. The van der Waals surface area contributed by atoms with Crippen molar-refractivity contribution in [1.82, 2.24) is 15.1 Å². The Labute approximate surface area is 165 Å². The number of likely N-dealkylation sites (N-methyl/N-ethyl adjacent to an activating group) is 1. The molecule has 0 spiro atoms. The zero-order chi connectivity index (χ0) is 20.4. The Morgan fingerprint density at radius 3 is 2.68 bits per heavy atom. The molecule has 1 N–H and O–H groups in total. The van der Waals surface area contributed by atoms with Gasteiger partial charge in [0.15, 0.2) is 11.5 Å². The van der Waals surface area contributed by atoms with Crippen LogP contribution in [0.1, 0.15) is 18.9 Å². The molecule has 0 atom stereocenters. The summed E-state index contributed by atoms with van der Waals surface area (Å²) in [5.74, 6) is 0.00383. The molecule has 1 fully saturated rings. The van der Waals surface area contributed by atoms with Gasteiger partial charge in [-0.2, -0.15) is 8.78 Å². The highest BCUT2D eigenvalue weighted by Gasteiger charge is 2.13. The Morgan fingerprint density at radius 1 is 1.25 bits per heavy atom. The number of rotatable bonds is 10. The van der Waals surface area contributed by atoms with E-state index in [1.54, 1.807) is 25.1 Å². The lowest BCUT2D eigenvalue weighted by Crippen LogP contribution is -2.45. The molecule has 28 heavy (non-hydrogen) atoms. The highest BCUT2D eigenvalue weighted by Crippen LogP contribution is 2.30. The third-order valence-electron chi connectivity index (χ3n) is 4.46. The van der Waals surface area contributed by atoms with Crippen LogP contribution in [0.2, 0.25) is 0 Å². The van der Waals surface area contributed by atoms with E-state index < -0.39 is 6.61 Å². The number of carbonyl (C=O) groups is 1. The van der Waals surface area contributed by atoms with Gasteiger partial charge >= 0.3 is 6.61 Å². The third-order valence-corrected chi connectivity index (χ3v) is 4.46. The number of benzene rings is 1. The molecular weight excluding hydrogens is 368 g/mol. The second-order valence-corrected chi connectivity index (χ2v) is 6.64. The van der Waals surface area contributed by atoms with Crippen molar-refractivity contribution in [2.24, 2.45) is 0 Å². The van der Waals surface area contributed by atoms with Gasteiger partial charge in [-0.05, 0) is 50.7 Å². The largest absolute Gasteiger partial charge is 0.490 e. The van der Waals surface area contributed by atoms with Gasteiger partial charge in [0.1, 0.15) is 0 Å². The summed E-state index contributed by atoms with van der Waals surface area (Å²) in [6.45, 7) is 5.04. The van der Waals surface area contributed by atoms with Gasteiger partial charge in [-0.25, -0.2) is 0 Å². The van der Waals surface area contributed by atoms with E-state index in [2.05, 4.69) is 26.9 Å². The summed E-state index contributed by atoms with van der Waals surface area (Å²) in [6, 6.07) is 4.57. The summed E-state index contributed by atoms with van der Waals surface area (Å²) < 4.78 is 34.6. The average molecular weight is 397 g/mol. The first kappa shape index (κ1) is 22.1. The molecule has 2 rings (SSSR count). The minimum absolute atomic E-state index is 0.0256. The van der Waals surface area contributed by atoms with E-state index in [1.807, 2.05) is 0 Å². The van der Waals surface area contributed by atoms with Gasteiger partial charge < -0.3 is 24.6 Å². The highest BCUT2D eigenvalue weighted by molar-refractivity contribution is 5.91. The number of amides is 1. The zero-order valence-corrected chi connectivity index (χ0v) is 16.5. The molecule has 1 aromatic rings. The molecule has 8 heteroatoms. The summed E-state index contributed by atoms with van der Waals surface area (Å²) >= 11 is 0. The number of piperazine rings is 1. The van der Waals surface area contributed by atoms with E-state index in [4.69, 9.17) is 4.74 Å². The maximum absolute atomic E-state index is 12.4. The van der Waals surface area contributed by atoms with Crippen molar-refractivity contribution in [1.29, 1.82) is 0 Å². The molecule has 1 aliphatic rings. The SMILES string of the molecule is CCOc1cc(C=CC(=O)NCCCN2CCN(C)CC2)ccc1OC(F)F. The minimum Gasteiger partial charge on any atom is -0.490 e. The first-order valence-electron chi connectivity index (χ1n) is 9.56. The fourth-order valence-electron chi connectivity index (χ4n) is 2.91. The van der Waals surface area contributed by atoms with Crippen LogP contribution in [0.15, 0.2) is 24.3 Å². The van der Waals surface area contributed by atoms with Crippen LogP contribution < -0.4 is 14.8 Å². The number of hydrogen-bond donors (Lipinski definition) is 1. The van der Waals surface area contributed by atoms with Crippen LogP contribution >= 0.6 is 0 Å². The van der Waals surface area contributed by atoms with Crippen LogP contribution in [0, 0.1) is 0 Å². The predicted molar refractivity (Wildman–Crippen MR) is 105 cm³/mol. The van der Waals surface area contributed by atoms with Gasteiger partial charge in [-0.15, -0.1) is 0 Å². The standard InChI is InChI=1S/C20H29F2N3O3/c1-3-27-18-15-16(5-7-17(18)28-20(21)22)6-8-19(26)23-9-4-10-25-13-11-24(2)12-14-25/h5-8,15,20H,3-4,9-14H2,1-2H3,(H,23,26). The van der Waals surface area contributed by atoms with Crippen molar-refractivity contribution in [3.05, 3.63) is 29.8 Å².